The first-order chi connectivity index (χ1) is 8.11. The van der Waals surface area contributed by atoms with E-state index in [1.165, 1.54) is 0 Å². The molecule has 0 aliphatic carbocycles. The van der Waals surface area contributed by atoms with Crippen molar-refractivity contribution in [3.8, 4) is 0 Å². The number of methoxy groups -OCH3 is 1. The summed E-state index contributed by atoms with van der Waals surface area (Å²) in [7, 11) is 1.75. The van der Waals surface area contributed by atoms with Gasteiger partial charge in [-0.05, 0) is 31.0 Å². The van der Waals surface area contributed by atoms with Gasteiger partial charge in [0.05, 0.1) is 12.2 Å². The lowest BCUT2D eigenvalue weighted by Gasteiger charge is -2.20. The van der Waals surface area contributed by atoms with Crippen LogP contribution in [0.25, 0.3) is 0 Å². The van der Waals surface area contributed by atoms with Crippen molar-refractivity contribution in [1.29, 1.82) is 0 Å². The lowest BCUT2D eigenvalue weighted by atomic mass is 10.1. The Morgan fingerprint density at radius 1 is 1.53 bits per heavy atom. The minimum atomic E-state index is -0.526. The van der Waals surface area contributed by atoms with E-state index in [2.05, 4.69) is 4.90 Å². The Labute approximate surface area is 107 Å². The van der Waals surface area contributed by atoms with Crippen LogP contribution in [-0.4, -0.2) is 31.4 Å². The Hall–Kier alpha value is -0.770. The molecule has 1 aromatic carbocycles. The summed E-state index contributed by atoms with van der Waals surface area (Å²) < 4.78 is 5.34. The van der Waals surface area contributed by atoms with E-state index in [1.54, 1.807) is 14.0 Å². The lowest BCUT2D eigenvalue weighted by Crippen LogP contribution is -2.22. The third kappa shape index (κ3) is 2.73. The van der Waals surface area contributed by atoms with Gasteiger partial charge >= 0.3 is 0 Å². The molecule has 2 atom stereocenters. The molecule has 1 heterocycles. The molecule has 2 rings (SSSR count). The third-order valence-electron chi connectivity index (χ3n) is 3.28. The third-order valence-corrected chi connectivity index (χ3v) is 3.60. The summed E-state index contributed by atoms with van der Waals surface area (Å²) in [4.78, 5) is 2.26. The molecular weight excluding hydrogens is 238 g/mol. The van der Waals surface area contributed by atoms with Crippen molar-refractivity contribution < 1.29 is 9.84 Å². The van der Waals surface area contributed by atoms with Gasteiger partial charge in [0.25, 0.3) is 0 Å². The van der Waals surface area contributed by atoms with Crippen LogP contribution in [-0.2, 0) is 4.74 Å². The number of ether oxygens (including phenoxy) is 1. The Kier molecular flexibility index (Phi) is 3.92. The van der Waals surface area contributed by atoms with Crippen molar-refractivity contribution in [3.05, 3.63) is 28.8 Å². The van der Waals surface area contributed by atoms with Gasteiger partial charge in [0, 0.05) is 30.9 Å². The molecule has 0 saturated carbocycles. The molecule has 0 radical (unpaired) electrons. The molecule has 0 spiro atoms. The van der Waals surface area contributed by atoms with E-state index < -0.39 is 6.10 Å². The van der Waals surface area contributed by atoms with Gasteiger partial charge in [-0.1, -0.05) is 17.7 Å². The van der Waals surface area contributed by atoms with Crippen molar-refractivity contribution in [2.75, 3.05) is 25.1 Å². The first-order valence-electron chi connectivity index (χ1n) is 5.87. The Balaban J connectivity index is 2.15. The SMILES string of the molecule is COC1CCN(c2ccc(C(C)O)c(Cl)c2)C1. The molecule has 1 saturated heterocycles. The summed E-state index contributed by atoms with van der Waals surface area (Å²) in [6.45, 7) is 3.61. The fourth-order valence-electron chi connectivity index (χ4n) is 2.21. The molecule has 1 N–H and O–H groups in total. The summed E-state index contributed by atoms with van der Waals surface area (Å²) in [5.74, 6) is 0. The zero-order valence-corrected chi connectivity index (χ0v) is 10.9. The fourth-order valence-corrected chi connectivity index (χ4v) is 2.54. The number of hydrogen-bond donors (Lipinski definition) is 1. The molecule has 4 heteroatoms. The van der Waals surface area contributed by atoms with E-state index in [0.29, 0.717) is 11.1 Å². The highest BCUT2D eigenvalue weighted by Crippen LogP contribution is 2.29. The second-order valence-corrected chi connectivity index (χ2v) is 4.88. The largest absolute Gasteiger partial charge is 0.389 e. The van der Waals surface area contributed by atoms with Crippen molar-refractivity contribution >= 4 is 17.3 Å². The first-order valence-corrected chi connectivity index (χ1v) is 6.25. The molecule has 0 amide bonds. The predicted molar refractivity (Wildman–Crippen MR) is 69.7 cm³/mol. The van der Waals surface area contributed by atoms with E-state index in [-0.39, 0.29) is 0 Å². The smallest absolute Gasteiger partial charge is 0.0776 e. The Morgan fingerprint density at radius 3 is 2.82 bits per heavy atom. The maximum absolute atomic E-state index is 9.52. The van der Waals surface area contributed by atoms with E-state index in [4.69, 9.17) is 16.3 Å². The fraction of sp³-hybridized carbons (Fsp3) is 0.538. The molecule has 17 heavy (non-hydrogen) atoms. The van der Waals surface area contributed by atoms with Gasteiger partial charge in [-0.3, -0.25) is 0 Å². The highest BCUT2D eigenvalue weighted by molar-refractivity contribution is 6.31. The molecule has 94 valence electrons. The van der Waals surface area contributed by atoms with Gasteiger partial charge in [-0.25, -0.2) is 0 Å². The summed E-state index contributed by atoms with van der Waals surface area (Å²) in [6, 6.07) is 5.82. The normalized spacial score (nSPS) is 21.9. The van der Waals surface area contributed by atoms with Crippen LogP contribution in [0.15, 0.2) is 18.2 Å². The zero-order valence-electron chi connectivity index (χ0n) is 10.2. The van der Waals surface area contributed by atoms with E-state index in [1.807, 2.05) is 18.2 Å². The van der Waals surface area contributed by atoms with Crippen molar-refractivity contribution in [1.82, 2.24) is 0 Å². The van der Waals surface area contributed by atoms with E-state index >= 15 is 0 Å². The highest BCUT2D eigenvalue weighted by atomic mass is 35.5. The quantitative estimate of drug-likeness (QED) is 0.901. The van der Waals surface area contributed by atoms with Crippen LogP contribution in [0.4, 0.5) is 5.69 Å². The number of aliphatic hydroxyl groups is 1. The van der Waals surface area contributed by atoms with Crippen molar-refractivity contribution in [3.63, 3.8) is 0 Å². The van der Waals surface area contributed by atoms with Crippen LogP contribution in [0, 0.1) is 0 Å². The van der Waals surface area contributed by atoms with Crippen LogP contribution in [0.3, 0.4) is 0 Å². The first kappa shape index (κ1) is 12.7. The maximum Gasteiger partial charge on any atom is 0.0776 e. The van der Waals surface area contributed by atoms with Crippen molar-refractivity contribution in [2.45, 2.75) is 25.6 Å². The van der Waals surface area contributed by atoms with Gasteiger partial charge in [0.2, 0.25) is 0 Å². The number of aliphatic hydroxyl groups excluding tert-OH is 1. The van der Waals surface area contributed by atoms with Gasteiger partial charge in [0.15, 0.2) is 0 Å². The minimum absolute atomic E-state index is 0.310. The highest BCUT2D eigenvalue weighted by Gasteiger charge is 2.22. The molecule has 0 bridgehead atoms. The zero-order chi connectivity index (χ0) is 12.4. The monoisotopic (exact) mass is 255 g/mol. The number of nitrogens with zero attached hydrogens (tertiary/aromatic N) is 1. The molecule has 3 nitrogen and oxygen atoms in total. The molecule has 1 aromatic rings. The number of rotatable bonds is 3. The van der Waals surface area contributed by atoms with Crippen LogP contribution >= 0.6 is 11.6 Å². The molecule has 2 unspecified atom stereocenters. The van der Waals surface area contributed by atoms with Crippen LogP contribution < -0.4 is 4.90 Å². The van der Waals surface area contributed by atoms with Crippen LogP contribution in [0.5, 0.6) is 0 Å². The van der Waals surface area contributed by atoms with E-state index in [9.17, 15) is 5.11 Å². The lowest BCUT2D eigenvalue weighted by molar-refractivity contribution is 0.121. The Bertz CT molecular complexity index is 395. The number of halogens is 1. The van der Waals surface area contributed by atoms with Gasteiger partial charge in [-0.2, -0.15) is 0 Å². The summed E-state index contributed by atoms with van der Waals surface area (Å²) in [5.41, 5.74) is 1.87. The second-order valence-electron chi connectivity index (χ2n) is 4.47. The summed E-state index contributed by atoms with van der Waals surface area (Å²) in [5, 5.41) is 10.1. The number of benzene rings is 1. The van der Waals surface area contributed by atoms with Gasteiger partial charge in [-0.15, -0.1) is 0 Å². The molecule has 1 aliphatic rings. The van der Waals surface area contributed by atoms with Gasteiger partial charge < -0.3 is 14.7 Å². The predicted octanol–water partition coefficient (Wildman–Crippen LogP) is 2.62. The van der Waals surface area contributed by atoms with Gasteiger partial charge in [0.1, 0.15) is 0 Å². The summed E-state index contributed by atoms with van der Waals surface area (Å²) >= 11 is 6.16. The van der Waals surface area contributed by atoms with Crippen LogP contribution in [0.1, 0.15) is 25.0 Å². The maximum atomic E-state index is 9.52. The average Bonchev–Trinajstić information content (AvgIpc) is 2.76. The van der Waals surface area contributed by atoms with Crippen LogP contribution in [0.2, 0.25) is 5.02 Å². The van der Waals surface area contributed by atoms with Crippen molar-refractivity contribution in [2.24, 2.45) is 0 Å². The molecule has 0 aromatic heterocycles. The Morgan fingerprint density at radius 2 is 2.29 bits per heavy atom. The minimum Gasteiger partial charge on any atom is -0.389 e. The number of hydrogen-bond acceptors (Lipinski definition) is 3. The number of anilines is 1. The summed E-state index contributed by atoms with van der Waals surface area (Å²) in [6.07, 6.45) is 0.832. The average molecular weight is 256 g/mol. The van der Waals surface area contributed by atoms with E-state index in [0.717, 1.165) is 30.8 Å². The topological polar surface area (TPSA) is 32.7 Å². The molecular formula is C13H18ClNO2. The molecule has 1 aliphatic heterocycles. The second kappa shape index (κ2) is 5.25. The molecule has 1 fully saturated rings. The standard InChI is InChI=1S/C13H18ClNO2/c1-9(16)12-4-3-10(7-13(12)14)15-6-5-11(8-15)17-2/h3-4,7,9,11,16H,5-6,8H2,1-2H3.